The van der Waals surface area contributed by atoms with Gasteiger partial charge in [-0.25, -0.2) is 4.99 Å². The van der Waals surface area contributed by atoms with Crippen LogP contribution in [-0.4, -0.2) is 6.34 Å². The van der Waals surface area contributed by atoms with Crippen molar-refractivity contribution in [3.05, 3.63) is 45.7 Å². The lowest BCUT2D eigenvalue weighted by Crippen LogP contribution is -2.34. The Bertz CT molecular complexity index is 561. The second kappa shape index (κ2) is 4.25. The van der Waals surface area contributed by atoms with Gasteiger partial charge in [0.2, 0.25) is 0 Å². The number of fused-ring (bicyclic) bond motifs is 1. The van der Waals surface area contributed by atoms with Crippen LogP contribution in [0.5, 0.6) is 0 Å². The van der Waals surface area contributed by atoms with Gasteiger partial charge in [-0.2, -0.15) is 0 Å². The molecule has 0 amide bonds. The minimum absolute atomic E-state index is 0.157. The van der Waals surface area contributed by atoms with E-state index >= 15 is 0 Å². The summed E-state index contributed by atoms with van der Waals surface area (Å²) in [5.41, 5.74) is 8.36. The molecule has 2 heterocycles. The molecule has 0 aliphatic carbocycles. The van der Waals surface area contributed by atoms with Crippen molar-refractivity contribution in [3.8, 4) is 0 Å². The van der Waals surface area contributed by atoms with Crippen molar-refractivity contribution in [2.45, 2.75) is 6.17 Å². The zero-order chi connectivity index (χ0) is 11.8. The van der Waals surface area contributed by atoms with Gasteiger partial charge in [0, 0.05) is 15.7 Å². The van der Waals surface area contributed by atoms with E-state index in [0.29, 0.717) is 0 Å². The third-order valence-electron chi connectivity index (χ3n) is 2.72. The van der Waals surface area contributed by atoms with Crippen molar-refractivity contribution in [3.63, 3.8) is 0 Å². The number of hydrogen-bond acceptors (Lipinski definition) is 4. The highest BCUT2D eigenvalue weighted by Crippen LogP contribution is 2.36. The van der Waals surface area contributed by atoms with E-state index in [9.17, 15) is 0 Å². The molecule has 0 saturated heterocycles. The summed E-state index contributed by atoms with van der Waals surface area (Å²) >= 11 is 5.04. The van der Waals surface area contributed by atoms with Crippen LogP contribution in [0, 0.1) is 0 Å². The summed E-state index contributed by atoms with van der Waals surface area (Å²) in [4.78, 5) is 6.39. The third-order valence-corrected chi connectivity index (χ3v) is 4.08. The van der Waals surface area contributed by atoms with Crippen molar-refractivity contribution >= 4 is 44.3 Å². The molecule has 1 aromatic carbocycles. The van der Waals surface area contributed by atoms with E-state index < -0.39 is 0 Å². The van der Waals surface area contributed by atoms with Crippen LogP contribution in [0.4, 0.5) is 10.7 Å². The lowest BCUT2D eigenvalue weighted by atomic mass is 10.2. The topological polar surface area (TPSA) is 41.6 Å². The molecule has 0 unspecified atom stereocenters. The molecule has 1 aromatic heterocycles. The maximum atomic E-state index is 6.23. The molecular formula is C12H10BrN3S. The van der Waals surface area contributed by atoms with Crippen molar-refractivity contribution < 1.29 is 0 Å². The van der Waals surface area contributed by atoms with Crippen molar-refractivity contribution in [1.82, 2.24) is 0 Å². The van der Waals surface area contributed by atoms with Crippen LogP contribution in [-0.2, 0) is 0 Å². The fourth-order valence-corrected chi connectivity index (χ4v) is 2.86. The van der Waals surface area contributed by atoms with E-state index in [1.54, 1.807) is 17.7 Å². The number of halogens is 1. The zero-order valence-electron chi connectivity index (χ0n) is 8.88. The van der Waals surface area contributed by atoms with E-state index in [1.165, 1.54) is 0 Å². The monoisotopic (exact) mass is 307 g/mol. The lowest BCUT2D eigenvalue weighted by Gasteiger charge is -2.29. The fourth-order valence-electron chi connectivity index (χ4n) is 1.82. The normalized spacial score (nSPS) is 18.2. The molecule has 3 rings (SSSR count). The average molecular weight is 308 g/mol. The molecule has 2 aromatic rings. The number of nitrogens with zero attached hydrogens (tertiary/aromatic N) is 2. The first kappa shape index (κ1) is 11.0. The first-order valence-corrected chi connectivity index (χ1v) is 6.84. The van der Waals surface area contributed by atoms with E-state index in [0.717, 1.165) is 20.7 Å². The van der Waals surface area contributed by atoms with Crippen molar-refractivity contribution in [2.24, 2.45) is 10.7 Å². The molecule has 2 N–H and O–H groups in total. The van der Waals surface area contributed by atoms with Crippen LogP contribution in [0.1, 0.15) is 11.7 Å². The smallest absolute Gasteiger partial charge is 0.124 e. The first-order valence-electron chi connectivity index (χ1n) is 5.17. The molecule has 0 radical (unpaired) electrons. The summed E-state index contributed by atoms with van der Waals surface area (Å²) in [5, 5.41) is 3.03. The molecule has 0 bridgehead atoms. The van der Waals surface area contributed by atoms with Crippen LogP contribution >= 0.6 is 27.3 Å². The quantitative estimate of drug-likeness (QED) is 0.874. The van der Waals surface area contributed by atoms with Crippen LogP contribution in [0.3, 0.4) is 0 Å². The molecule has 0 spiro atoms. The highest BCUT2D eigenvalue weighted by atomic mass is 79.9. The summed E-state index contributed by atoms with van der Waals surface area (Å²) < 4.78 is 1.06. The highest BCUT2D eigenvalue weighted by Gasteiger charge is 2.22. The SMILES string of the molecule is N[C@@H]1c2ccsc2N=CN1c1ccc(Br)cc1. The van der Waals surface area contributed by atoms with Gasteiger partial charge in [-0.1, -0.05) is 15.9 Å². The minimum atomic E-state index is -0.157. The Kier molecular flexibility index (Phi) is 2.74. The Balaban J connectivity index is 1.98. The van der Waals surface area contributed by atoms with E-state index in [2.05, 4.69) is 20.9 Å². The standard InChI is InChI=1S/C12H10BrN3S/c13-8-1-3-9(4-2-8)16-7-15-12-10(11(16)14)5-6-17-12/h1-7,11H,14H2/t11-/m0/s1. The molecule has 1 aliphatic heterocycles. The van der Waals surface area contributed by atoms with Gasteiger partial charge in [0.25, 0.3) is 0 Å². The Hall–Kier alpha value is -1.17. The molecule has 1 atom stereocenters. The fraction of sp³-hybridized carbons (Fsp3) is 0.0833. The van der Waals surface area contributed by atoms with Crippen LogP contribution < -0.4 is 10.6 Å². The van der Waals surface area contributed by atoms with Gasteiger partial charge in [0.1, 0.15) is 11.2 Å². The van der Waals surface area contributed by atoms with Gasteiger partial charge < -0.3 is 10.6 Å². The van der Waals surface area contributed by atoms with Gasteiger partial charge in [0.15, 0.2) is 0 Å². The third kappa shape index (κ3) is 1.90. The first-order chi connectivity index (χ1) is 8.25. The second-order valence-electron chi connectivity index (χ2n) is 3.75. The van der Waals surface area contributed by atoms with Crippen molar-refractivity contribution in [2.75, 3.05) is 4.90 Å². The summed E-state index contributed by atoms with van der Waals surface area (Å²) in [6, 6.07) is 10.1. The number of rotatable bonds is 1. The molecular weight excluding hydrogens is 298 g/mol. The van der Waals surface area contributed by atoms with Gasteiger partial charge >= 0.3 is 0 Å². The number of nitrogens with two attached hydrogens (primary N) is 1. The van der Waals surface area contributed by atoms with Gasteiger partial charge in [0.05, 0.1) is 6.34 Å². The largest absolute Gasteiger partial charge is 0.312 e. The molecule has 17 heavy (non-hydrogen) atoms. The molecule has 1 aliphatic rings. The number of hydrogen-bond donors (Lipinski definition) is 1. The molecule has 5 heteroatoms. The number of benzene rings is 1. The van der Waals surface area contributed by atoms with E-state index in [1.807, 2.05) is 40.6 Å². The summed E-state index contributed by atoms with van der Waals surface area (Å²) in [7, 11) is 0. The van der Waals surface area contributed by atoms with Gasteiger partial charge in [-0.15, -0.1) is 11.3 Å². The number of thiophene rings is 1. The predicted octanol–water partition coefficient (Wildman–Crippen LogP) is 3.65. The van der Waals surface area contributed by atoms with E-state index in [-0.39, 0.29) is 6.17 Å². The number of anilines is 1. The maximum Gasteiger partial charge on any atom is 0.124 e. The predicted molar refractivity (Wildman–Crippen MR) is 76.0 cm³/mol. The average Bonchev–Trinajstić information content (AvgIpc) is 2.80. The number of aliphatic imine (C=N–C) groups is 1. The van der Waals surface area contributed by atoms with Gasteiger partial charge in [-0.3, -0.25) is 0 Å². The lowest BCUT2D eigenvalue weighted by molar-refractivity contribution is 0.754. The molecule has 0 saturated carbocycles. The van der Waals surface area contributed by atoms with Crippen LogP contribution in [0.15, 0.2) is 45.2 Å². The molecule has 0 fully saturated rings. The van der Waals surface area contributed by atoms with Gasteiger partial charge in [-0.05, 0) is 35.7 Å². The summed E-state index contributed by atoms with van der Waals surface area (Å²) in [6.45, 7) is 0. The minimum Gasteiger partial charge on any atom is -0.312 e. The zero-order valence-corrected chi connectivity index (χ0v) is 11.3. The second-order valence-corrected chi connectivity index (χ2v) is 5.56. The Morgan fingerprint density at radius 1 is 1.24 bits per heavy atom. The van der Waals surface area contributed by atoms with Crippen LogP contribution in [0.25, 0.3) is 0 Å². The summed E-state index contributed by atoms with van der Waals surface area (Å²) in [5.74, 6) is 0. The molecule has 3 nitrogen and oxygen atoms in total. The maximum absolute atomic E-state index is 6.23. The Morgan fingerprint density at radius 3 is 2.76 bits per heavy atom. The Morgan fingerprint density at radius 2 is 2.00 bits per heavy atom. The Labute approximate surface area is 112 Å². The molecule has 86 valence electrons. The van der Waals surface area contributed by atoms with E-state index in [4.69, 9.17) is 5.73 Å². The summed E-state index contributed by atoms with van der Waals surface area (Å²) in [6.07, 6.45) is 1.64. The highest BCUT2D eigenvalue weighted by molar-refractivity contribution is 9.10. The van der Waals surface area contributed by atoms with Crippen molar-refractivity contribution in [1.29, 1.82) is 0 Å². The van der Waals surface area contributed by atoms with Crippen LogP contribution in [0.2, 0.25) is 0 Å².